The molecular weight excluding hydrogens is 314 g/mol. The van der Waals surface area contributed by atoms with E-state index >= 15 is 0 Å². The highest BCUT2D eigenvalue weighted by Gasteiger charge is 2.38. The van der Waals surface area contributed by atoms with Crippen LogP contribution in [0.2, 0.25) is 0 Å². The molecule has 2 aromatic rings. The molecule has 1 aliphatic heterocycles. The van der Waals surface area contributed by atoms with Crippen molar-refractivity contribution in [2.45, 2.75) is 38.8 Å². The number of hydrogen-bond acceptors (Lipinski definition) is 4. The van der Waals surface area contributed by atoms with Crippen LogP contribution in [-0.4, -0.2) is 45.2 Å². The third-order valence-corrected chi connectivity index (χ3v) is 4.25. The molecule has 1 saturated heterocycles. The van der Waals surface area contributed by atoms with Crippen LogP contribution in [0.3, 0.4) is 0 Å². The molecular formula is C19H23N5O. The first-order valence-corrected chi connectivity index (χ1v) is 8.34. The number of amides is 1. The molecule has 6 nitrogen and oxygen atoms in total. The summed E-state index contributed by atoms with van der Waals surface area (Å²) in [6.45, 7) is 9.68. The molecule has 3 rings (SSSR count). The van der Waals surface area contributed by atoms with E-state index in [1.807, 2.05) is 17.0 Å². The van der Waals surface area contributed by atoms with Gasteiger partial charge in [-0.25, -0.2) is 0 Å². The van der Waals surface area contributed by atoms with Crippen LogP contribution in [0.5, 0.6) is 0 Å². The SMILES string of the molecule is CC1(C)CN(C(=O)c2cc(-c3ccc(C#N)cc3)n[nH]2)CC(C)(C)N1. The summed E-state index contributed by atoms with van der Waals surface area (Å²) < 4.78 is 0. The fourth-order valence-electron chi connectivity index (χ4n) is 3.61. The lowest BCUT2D eigenvalue weighted by atomic mass is 9.91. The molecule has 0 bridgehead atoms. The molecule has 0 unspecified atom stereocenters. The van der Waals surface area contributed by atoms with Gasteiger partial charge in [-0.2, -0.15) is 10.4 Å². The summed E-state index contributed by atoms with van der Waals surface area (Å²) in [6, 6.07) is 11.0. The Kier molecular flexibility index (Phi) is 4.13. The van der Waals surface area contributed by atoms with Gasteiger partial charge in [0.05, 0.1) is 17.3 Å². The number of piperazine rings is 1. The highest BCUT2D eigenvalue weighted by atomic mass is 16.2. The predicted octanol–water partition coefficient (Wildman–Crippen LogP) is 2.55. The van der Waals surface area contributed by atoms with Crippen LogP contribution in [0.1, 0.15) is 43.7 Å². The van der Waals surface area contributed by atoms with Gasteiger partial charge in [0.25, 0.3) is 5.91 Å². The van der Waals surface area contributed by atoms with Gasteiger partial charge in [-0.15, -0.1) is 0 Å². The summed E-state index contributed by atoms with van der Waals surface area (Å²) in [5, 5.41) is 19.6. The Balaban J connectivity index is 1.81. The Morgan fingerprint density at radius 1 is 1.16 bits per heavy atom. The maximum absolute atomic E-state index is 12.9. The van der Waals surface area contributed by atoms with Crippen LogP contribution in [-0.2, 0) is 0 Å². The zero-order valence-corrected chi connectivity index (χ0v) is 15.1. The van der Waals surface area contributed by atoms with Gasteiger partial charge >= 0.3 is 0 Å². The number of nitriles is 1. The molecule has 0 saturated carbocycles. The molecule has 1 aromatic heterocycles. The first-order chi connectivity index (χ1) is 11.7. The summed E-state index contributed by atoms with van der Waals surface area (Å²) in [5.41, 5.74) is 2.35. The standard InChI is InChI=1S/C19H23N5O/c1-18(2)11-24(12-19(3,4)23-18)17(25)16-9-15(21-22-16)14-7-5-13(10-20)6-8-14/h5-9,23H,11-12H2,1-4H3,(H,21,22). The molecule has 0 atom stereocenters. The van der Waals surface area contributed by atoms with Crippen molar-refractivity contribution in [2.24, 2.45) is 0 Å². The van der Waals surface area contributed by atoms with E-state index in [4.69, 9.17) is 5.26 Å². The van der Waals surface area contributed by atoms with Crippen molar-refractivity contribution in [2.75, 3.05) is 13.1 Å². The molecule has 1 fully saturated rings. The number of benzene rings is 1. The highest BCUT2D eigenvalue weighted by molar-refractivity contribution is 5.93. The van der Waals surface area contributed by atoms with E-state index in [0.29, 0.717) is 30.0 Å². The van der Waals surface area contributed by atoms with Crippen molar-refractivity contribution in [1.82, 2.24) is 20.4 Å². The first-order valence-electron chi connectivity index (χ1n) is 8.34. The second-order valence-corrected chi connectivity index (χ2v) is 7.91. The number of H-pyrrole nitrogens is 1. The normalized spacial score (nSPS) is 18.6. The van der Waals surface area contributed by atoms with Crippen molar-refractivity contribution in [3.05, 3.63) is 41.6 Å². The van der Waals surface area contributed by atoms with Crippen LogP contribution < -0.4 is 5.32 Å². The van der Waals surface area contributed by atoms with Crippen molar-refractivity contribution >= 4 is 5.91 Å². The van der Waals surface area contributed by atoms with Crippen molar-refractivity contribution in [3.63, 3.8) is 0 Å². The lowest BCUT2D eigenvalue weighted by molar-refractivity contribution is 0.0466. The fraction of sp³-hybridized carbons (Fsp3) is 0.421. The summed E-state index contributed by atoms with van der Waals surface area (Å²) in [4.78, 5) is 14.8. The Morgan fingerprint density at radius 2 is 1.76 bits per heavy atom. The lowest BCUT2D eigenvalue weighted by Gasteiger charge is -2.48. The summed E-state index contributed by atoms with van der Waals surface area (Å²) >= 11 is 0. The third kappa shape index (κ3) is 3.72. The van der Waals surface area contributed by atoms with E-state index in [9.17, 15) is 4.79 Å². The molecule has 130 valence electrons. The summed E-state index contributed by atoms with van der Waals surface area (Å²) in [6.07, 6.45) is 0. The molecule has 6 heteroatoms. The van der Waals surface area contributed by atoms with Gasteiger partial charge < -0.3 is 10.2 Å². The summed E-state index contributed by atoms with van der Waals surface area (Å²) in [5.74, 6) is -0.0463. The van der Waals surface area contributed by atoms with Gasteiger partial charge in [0.1, 0.15) is 5.69 Å². The smallest absolute Gasteiger partial charge is 0.272 e. The minimum absolute atomic E-state index is 0.0463. The van der Waals surface area contributed by atoms with E-state index in [0.717, 1.165) is 5.56 Å². The number of nitrogens with one attached hydrogen (secondary N) is 2. The molecule has 1 amide bonds. The quantitative estimate of drug-likeness (QED) is 0.882. The van der Waals surface area contributed by atoms with Gasteiger partial charge in [0.15, 0.2) is 0 Å². The fourth-order valence-corrected chi connectivity index (χ4v) is 3.61. The van der Waals surface area contributed by atoms with Crippen LogP contribution in [0.15, 0.2) is 30.3 Å². The van der Waals surface area contributed by atoms with E-state index in [2.05, 4.69) is 49.3 Å². The van der Waals surface area contributed by atoms with Crippen molar-refractivity contribution < 1.29 is 4.79 Å². The molecule has 2 heterocycles. The van der Waals surface area contributed by atoms with E-state index < -0.39 is 0 Å². The van der Waals surface area contributed by atoms with E-state index in [-0.39, 0.29) is 17.0 Å². The van der Waals surface area contributed by atoms with Gasteiger partial charge in [0, 0.05) is 29.7 Å². The van der Waals surface area contributed by atoms with Crippen LogP contribution in [0, 0.1) is 11.3 Å². The van der Waals surface area contributed by atoms with E-state index in [1.54, 1.807) is 18.2 Å². The zero-order valence-electron chi connectivity index (χ0n) is 15.1. The average Bonchev–Trinajstić information content (AvgIpc) is 3.01. The minimum atomic E-state index is -0.145. The second kappa shape index (κ2) is 6.01. The maximum Gasteiger partial charge on any atom is 0.272 e. The Hall–Kier alpha value is -2.65. The number of hydrogen-bond donors (Lipinski definition) is 2. The minimum Gasteiger partial charge on any atom is -0.334 e. The Bertz CT molecular complexity index is 810. The number of nitrogens with zero attached hydrogens (tertiary/aromatic N) is 3. The third-order valence-electron chi connectivity index (χ3n) is 4.25. The molecule has 0 spiro atoms. The number of carbonyl (C=O) groups is 1. The monoisotopic (exact) mass is 337 g/mol. The molecule has 0 radical (unpaired) electrons. The van der Waals surface area contributed by atoms with E-state index in [1.165, 1.54) is 0 Å². The molecule has 0 aliphatic carbocycles. The number of aromatic amines is 1. The first kappa shape index (κ1) is 17.2. The number of aromatic nitrogens is 2. The second-order valence-electron chi connectivity index (χ2n) is 7.91. The van der Waals surface area contributed by atoms with Crippen LogP contribution in [0.4, 0.5) is 0 Å². The molecule has 1 aliphatic rings. The van der Waals surface area contributed by atoms with Gasteiger partial charge in [0.2, 0.25) is 0 Å². The van der Waals surface area contributed by atoms with Crippen LogP contribution in [0.25, 0.3) is 11.3 Å². The molecule has 1 aromatic carbocycles. The van der Waals surface area contributed by atoms with Gasteiger partial charge in [-0.05, 0) is 45.9 Å². The summed E-state index contributed by atoms with van der Waals surface area (Å²) in [7, 11) is 0. The predicted molar refractivity (Wildman–Crippen MR) is 95.9 cm³/mol. The van der Waals surface area contributed by atoms with Gasteiger partial charge in [-0.3, -0.25) is 9.89 Å². The molecule has 2 N–H and O–H groups in total. The van der Waals surface area contributed by atoms with Crippen molar-refractivity contribution in [3.8, 4) is 17.3 Å². The van der Waals surface area contributed by atoms with Crippen LogP contribution >= 0.6 is 0 Å². The Morgan fingerprint density at radius 3 is 2.32 bits per heavy atom. The Labute approximate surface area is 147 Å². The van der Waals surface area contributed by atoms with Gasteiger partial charge in [-0.1, -0.05) is 12.1 Å². The topological polar surface area (TPSA) is 84.8 Å². The maximum atomic E-state index is 12.9. The highest BCUT2D eigenvalue weighted by Crippen LogP contribution is 2.24. The van der Waals surface area contributed by atoms with Crippen molar-refractivity contribution in [1.29, 1.82) is 5.26 Å². The molecule has 25 heavy (non-hydrogen) atoms. The largest absolute Gasteiger partial charge is 0.334 e. The zero-order chi connectivity index (χ0) is 18.2. The average molecular weight is 337 g/mol. The lowest BCUT2D eigenvalue weighted by Crippen LogP contribution is -2.67. The number of rotatable bonds is 2. The number of carbonyl (C=O) groups excluding carboxylic acids is 1.